The number of anilines is 4. The molecule has 39 heavy (non-hydrogen) atoms. The fraction of sp³-hybridized carbons (Fsp3) is 0. The van der Waals surface area contributed by atoms with Gasteiger partial charge in [-0.3, -0.25) is 0 Å². The lowest BCUT2D eigenvalue weighted by Gasteiger charge is -2.12. The van der Waals surface area contributed by atoms with Gasteiger partial charge in [-0.25, -0.2) is 0 Å². The van der Waals surface area contributed by atoms with Crippen LogP contribution in [0.3, 0.4) is 0 Å². The maximum absolute atomic E-state index is 3.60. The fourth-order valence-corrected chi connectivity index (χ4v) is 6.18. The Morgan fingerprint density at radius 1 is 0.333 bits per heavy atom. The number of hydrogen-bond donors (Lipinski definition) is 2. The molecule has 7 rings (SSSR count). The Hall–Kier alpha value is -4.86. The topological polar surface area (TPSA) is 24.1 Å². The van der Waals surface area contributed by atoms with Crippen molar-refractivity contribution in [2.24, 2.45) is 0 Å². The summed E-state index contributed by atoms with van der Waals surface area (Å²) < 4.78 is 2.66. The predicted molar refractivity (Wildman–Crippen MR) is 170 cm³/mol. The summed E-state index contributed by atoms with van der Waals surface area (Å²) in [6, 6.07) is 51.5. The minimum absolute atomic E-state index is 1.04. The number of hydrogen-bond acceptors (Lipinski definition) is 3. The molecule has 0 saturated carbocycles. The number of benzene rings is 6. The molecule has 2 N–H and O–H groups in total. The van der Waals surface area contributed by atoms with Crippen molar-refractivity contribution in [2.45, 2.75) is 0 Å². The summed E-state index contributed by atoms with van der Waals surface area (Å²) in [6.07, 6.45) is 0. The van der Waals surface area contributed by atoms with Crippen LogP contribution in [-0.2, 0) is 0 Å². The Morgan fingerprint density at radius 3 is 1.56 bits per heavy atom. The van der Waals surface area contributed by atoms with E-state index in [9.17, 15) is 0 Å². The zero-order chi connectivity index (χ0) is 26.0. The van der Waals surface area contributed by atoms with Gasteiger partial charge in [-0.1, -0.05) is 84.9 Å². The normalized spacial score (nSPS) is 11.1. The predicted octanol–water partition coefficient (Wildman–Crippen LogP) is 10.9. The van der Waals surface area contributed by atoms with Gasteiger partial charge in [0.15, 0.2) is 0 Å². The highest BCUT2D eigenvalue weighted by Gasteiger charge is 2.08. The maximum atomic E-state index is 3.60. The number of rotatable bonds is 6. The average molecular weight is 519 g/mol. The first-order chi connectivity index (χ1) is 19.3. The molecular formula is C36H26N2S. The van der Waals surface area contributed by atoms with E-state index in [0.717, 1.165) is 22.7 Å². The molecule has 1 aromatic heterocycles. The molecule has 0 saturated heterocycles. The molecule has 0 aliphatic carbocycles. The van der Waals surface area contributed by atoms with E-state index in [1.807, 2.05) is 17.4 Å². The van der Waals surface area contributed by atoms with Gasteiger partial charge in [0.05, 0.1) is 0 Å². The molecule has 186 valence electrons. The third-order valence-electron chi connectivity index (χ3n) is 6.98. The van der Waals surface area contributed by atoms with Crippen molar-refractivity contribution in [1.29, 1.82) is 0 Å². The molecule has 0 atom stereocenters. The monoisotopic (exact) mass is 518 g/mol. The molecule has 1 heterocycles. The maximum Gasteiger partial charge on any atom is 0.0405 e. The molecule has 0 unspecified atom stereocenters. The van der Waals surface area contributed by atoms with E-state index in [4.69, 9.17) is 0 Å². The highest BCUT2D eigenvalue weighted by Crippen LogP contribution is 2.37. The van der Waals surface area contributed by atoms with Crippen molar-refractivity contribution in [3.05, 3.63) is 146 Å². The lowest BCUT2D eigenvalue weighted by atomic mass is 10.0. The van der Waals surface area contributed by atoms with Gasteiger partial charge in [-0.05, 0) is 82.9 Å². The molecule has 0 aliphatic rings. The average Bonchev–Trinajstić information content (AvgIpc) is 3.36. The van der Waals surface area contributed by atoms with E-state index in [0.29, 0.717) is 0 Å². The van der Waals surface area contributed by atoms with Crippen molar-refractivity contribution in [3.63, 3.8) is 0 Å². The summed E-state index contributed by atoms with van der Waals surface area (Å²) >= 11 is 1.85. The van der Waals surface area contributed by atoms with Gasteiger partial charge >= 0.3 is 0 Å². The zero-order valence-electron chi connectivity index (χ0n) is 21.3. The molecule has 6 aromatic carbocycles. The van der Waals surface area contributed by atoms with Crippen LogP contribution in [-0.4, -0.2) is 0 Å². The van der Waals surface area contributed by atoms with Gasteiger partial charge in [0.25, 0.3) is 0 Å². The number of nitrogens with one attached hydrogen (secondary N) is 2. The molecular weight excluding hydrogens is 492 g/mol. The standard InChI is InChI=1S/C36H26N2S/c1-2-9-25(10-3-1)26-11-6-13-29(21-26)37-31-15-8-16-32(24-31)38-30-14-7-12-27(22-30)28-19-20-36-34(23-28)33-17-4-5-18-35(33)39-36/h1-24,37-38H. The van der Waals surface area contributed by atoms with Crippen LogP contribution in [0.25, 0.3) is 42.4 Å². The third-order valence-corrected chi connectivity index (χ3v) is 8.13. The molecule has 0 aliphatic heterocycles. The Morgan fingerprint density at radius 2 is 0.846 bits per heavy atom. The first-order valence-corrected chi connectivity index (χ1v) is 13.9. The van der Waals surface area contributed by atoms with Crippen LogP contribution in [0, 0.1) is 0 Å². The van der Waals surface area contributed by atoms with E-state index in [1.54, 1.807) is 0 Å². The molecule has 0 amide bonds. The van der Waals surface area contributed by atoms with Crippen LogP contribution in [0.1, 0.15) is 0 Å². The Labute approximate surface area is 232 Å². The zero-order valence-corrected chi connectivity index (χ0v) is 22.1. The Kier molecular flexibility index (Phi) is 6.04. The molecule has 0 spiro atoms. The second-order valence-corrected chi connectivity index (χ2v) is 10.8. The lowest BCUT2D eigenvalue weighted by Crippen LogP contribution is -1.94. The summed E-state index contributed by atoms with van der Waals surface area (Å²) in [6.45, 7) is 0. The fourth-order valence-electron chi connectivity index (χ4n) is 5.10. The van der Waals surface area contributed by atoms with Gasteiger partial charge in [0.1, 0.15) is 0 Å². The van der Waals surface area contributed by atoms with Gasteiger partial charge < -0.3 is 10.6 Å². The highest BCUT2D eigenvalue weighted by molar-refractivity contribution is 7.25. The van der Waals surface area contributed by atoms with E-state index < -0.39 is 0 Å². The smallest absolute Gasteiger partial charge is 0.0405 e. The van der Waals surface area contributed by atoms with Gasteiger partial charge in [0.2, 0.25) is 0 Å². The Balaban J connectivity index is 1.12. The van der Waals surface area contributed by atoms with Crippen LogP contribution >= 0.6 is 11.3 Å². The largest absolute Gasteiger partial charge is 0.355 e. The van der Waals surface area contributed by atoms with Crippen LogP contribution in [0.5, 0.6) is 0 Å². The van der Waals surface area contributed by atoms with Crippen molar-refractivity contribution in [1.82, 2.24) is 0 Å². The van der Waals surface area contributed by atoms with Crippen molar-refractivity contribution in [2.75, 3.05) is 10.6 Å². The van der Waals surface area contributed by atoms with E-state index >= 15 is 0 Å². The SMILES string of the molecule is c1ccc(-c2cccc(Nc3cccc(Nc4cccc(-c5ccc6sc7ccccc7c6c5)c4)c3)c2)cc1. The van der Waals surface area contributed by atoms with E-state index in [-0.39, 0.29) is 0 Å². The minimum atomic E-state index is 1.04. The van der Waals surface area contributed by atoms with Crippen molar-refractivity contribution >= 4 is 54.3 Å². The van der Waals surface area contributed by atoms with Crippen LogP contribution < -0.4 is 10.6 Å². The van der Waals surface area contributed by atoms with Crippen LogP contribution in [0.15, 0.2) is 146 Å². The third kappa shape index (κ3) is 4.88. The quantitative estimate of drug-likeness (QED) is 0.229. The lowest BCUT2D eigenvalue weighted by molar-refractivity contribution is 1.51. The van der Waals surface area contributed by atoms with Crippen LogP contribution in [0.4, 0.5) is 22.7 Å². The minimum Gasteiger partial charge on any atom is -0.355 e. The van der Waals surface area contributed by atoms with Crippen LogP contribution in [0.2, 0.25) is 0 Å². The van der Waals surface area contributed by atoms with E-state index in [1.165, 1.54) is 42.4 Å². The van der Waals surface area contributed by atoms with Crippen molar-refractivity contribution < 1.29 is 0 Å². The summed E-state index contributed by atoms with van der Waals surface area (Å²) in [4.78, 5) is 0. The van der Waals surface area contributed by atoms with Gasteiger partial charge in [-0.2, -0.15) is 0 Å². The molecule has 3 heteroatoms. The highest BCUT2D eigenvalue weighted by atomic mass is 32.1. The van der Waals surface area contributed by atoms with Gasteiger partial charge in [-0.15, -0.1) is 11.3 Å². The number of fused-ring (bicyclic) bond motifs is 3. The second kappa shape index (κ2) is 10.1. The van der Waals surface area contributed by atoms with E-state index in [2.05, 4.69) is 150 Å². The van der Waals surface area contributed by atoms with Gasteiger partial charge in [0, 0.05) is 42.9 Å². The van der Waals surface area contributed by atoms with Crippen molar-refractivity contribution in [3.8, 4) is 22.3 Å². The second-order valence-electron chi connectivity index (χ2n) is 9.67. The molecule has 0 bridgehead atoms. The first-order valence-electron chi connectivity index (χ1n) is 13.1. The summed E-state index contributed by atoms with van der Waals surface area (Å²) in [5, 5.41) is 9.82. The first kappa shape index (κ1) is 23.3. The summed E-state index contributed by atoms with van der Waals surface area (Å²) in [7, 11) is 0. The number of thiophene rings is 1. The Bertz CT molecular complexity index is 1920. The molecule has 0 radical (unpaired) electrons. The molecule has 2 nitrogen and oxygen atoms in total. The summed E-state index contributed by atoms with van der Waals surface area (Å²) in [5.74, 6) is 0. The molecule has 0 fully saturated rings. The summed E-state index contributed by atoms with van der Waals surface area (Å²) in [5.41, 5.74) is 9.03. The molecule has 7 aromatic rings.